The zero-order valence-corrected chi connectivity index (χ0v) is 7.79. The van der Waals surface area contributed by atoms with Crippen molar-refractivity contribution in [1.82, 2.24) is 0 Å². The molecule has 0 fully saturated rings. The van der Waals surface area contributed by atoms with Gasteiger partial charge in [0.2, 0.25) is 0 Å². The molecule has 1 aromatic carbocycles. The average molecular weight is 178 g/mol. The van der Waals surface area contributed by atoms with Gasteiger partial charge in [0.1, 0.15) is 5.75 Å². The van der Waals surface area contributed by atoms with Crippen LogP contribution in [0.3, 0.4) is 0 Å². The number of aryl methyl sites for hydroxylation is 1. The van der Waals surface area contributed by atoms with Gasteiger partial charge in [-0.2, -0.15) is 0 Å². The number of aliphatic hydroxyl groups excluding tert-OH is 1. The van der Waals surface area contributed by atoms with Crippen molar-refractivity contribution in [2.45, 2.75) is 18.8 Å². The number of aliphatic hydroxyl groups is 1. The van der Waals surface area contributed by atoms with E-state index >= 15 is 0 Å². The number of hydrogen-bond donors (Lipinski definition) is 1. The van der Waals surface area contributed by atoms with Gasteiger partial charge in [-0.1, -0.05) is 6.07 Å². The van der Waals surface area contributed by atoms with Gasteiger partial charge in [-0.25, -0.2) is 0 Å². The molecule has 2 heteroatoms. The van der Waals surface area contributed by atoms with Crippen molar-refractivity contribution in [3.8, 4) is 5.75 Å². The lowest BCUT2D eigenvalue weighted by Crippen LogP contribution is -1.98. The van der Waals surface area contributed by atoms with Gasteiger partial charge in [0.05, 0.1) is 7.11 Å². The van der Waals surface area contributed by atoms with Crippen molar-refractivity contribution in [2.75, 3.05) is 13.7 Å². The number of hydrogen-bond acceptors (Lipinski definition) is 2. The standard InChI is InChI=1S/C11H14O2/c1-13-10-4-5-11-8(6-10)2-3-9(11)7-12/h4-6,9,12H,2-3,7H2,1H3. The number of methoxy groups -OCH3 is 1. The number of fused-ring (bicyclic) bond motifs is 1. The molecule has 1 unspecified atom stereocenters. The first-order chi connectivity index (χ1) is 6.35. The highest BCUT2D eigenvalue weighted by molar-refractivity contribution is 5.40. The van der Waals surface area contributed by atoms with Crippen LogP contribution in [0.5, 0.6) is 5.75 Å². The molecule has 1 aliphatic rings. The average Bonchev–Trinajstić information content (AvgIpc) is 2.59. The molecule has 0 radical (unpaired) electrons. The lowest BCUT2D eigenvalue weighted by molar-refractivity contribution is 0.265. The summed E-state index contributed by atoms with van der Waals surface area (Å²) in [7, 11) is 1.68. The van der Waals surface area contributed by atoms with E-state index in [-0.39, 0.29) is 6.61 Å². The normalized spacial score (nSPS) is 20.0. The van der Waals surface area contributed by atoms with Crippen LogP contribution in [0, 0.1) is 0 Å². The van der Waals surface area contributed by atoms with Crippen LogP contribution < -0.4 is 4.74 Å². The Kier molecular flexibility index (Phi) is 2.23. The van der Waals surface area contributed by atoms with Gasteiger partial charge in [-0.05, 0) is 36.1 Å². The fourth-order valence-electron chi connectivity index (χ4n) is 2.00. The molecular weight excluding hydrogens is 164 g/mol. The predicted octanol–water partition coefficient (Wildman–Crippen LogP) is 1.72. The van der Waals surface area contributed by atoms with Crippen LogP contribution in [0.25, 0.3) is 0 Å². The second-order valence-electron chi connectivity index (χ2n) is 3.48. The van der Waals surface area contributed by atoms with E-state index in [0.29, 0.717) is 5.92 Å². The second kappa shape index (κ2) is 3.38. The molecule has 0 saturated carbocycles. The molecule has 70 valence electrons. The maximum Gasteiger partial charge on any atom is 0.119 e. The number of benzene rings is 1. The monoisotopic (exact) mass is 178 g/mol. The van der Waals surface area contributed by atoms with Crippen LogP contribution in [-0.4, -0.2) is 18.8 Å². The van der Waals surface area contributed by atoms with Crippen molar-refractivity contribution in [2.24, 2.45) is 0 Å². The van der Waals surface area contributed by atoms with Crippen molar-refractivity contribution in [3.05, 3.63) is 29.3 Å². The molecule has 0 bridgehead atoms. The van der Waals surface area contributed by atoms with Gasteiger partial charge in [-0.15, -0.1) is 0 Å². The van der Waals surface area contributed by atoms with E-state index in [0.717, 1.165) is 18.6 Å². The molecule has 0 aromatic heterocycles. The Bertz CT molecular complexity index is 307. The van der Waals surface area contributed by atoms with Gasteiger partial charge in [0.25, 0.3) is 0 Å². The van der Waals surface area contributed by atoms with Crippen LogP contribution in [-0.2, 0) is 6.42 Å². The first-order valence-corrected chi connectivity index (χ1v) is 4.63. The van der Waals surface area contributed by atoms with Crippen LogP contribution in [0.4, 0.5) is 0 Å². The summed E-state index contributed by atoms with van der Waals surface area (Å²) in [6.45, 7) is 0.263. The highest BCUT2D eigenvalue weighted by atomic mass is 16.5. The van der Waals surface area contributed by atoms with Crippen LogP contribution in [0.15, 0.2) is 18.2 Å². The third kappa shape index (κ3) is 1.42. The Morgan fingerprint density at radius 3 is 3.08 bits per heavy atom. The molecule has 2 nitrogen and oxygen atoms in total. The van der Waals surface area contributed by atoms with E-state index in [9.17, 15) is 0 Å². The fourth-order valence-corrected chi connectivity index (χ4v) is 2.00. The topological polar surface area (TPSA) is 29.5 Å². The minimum Gasteiger partial charge on any atom is -0.497 e. The molecule has 0 spiro atoms. The highest BCUT2D eigenvalue weighted by Crippen LogP contribution is 2.34. The van der Waals surface area contributed by atoms with Crippen molar-refractivity contribution in [3.63, 3.8) is 0 Å². The fraction of sp³-hybridized carbons (Fsp3) is 0.455. The van der Waals surface area contributed by atoms with E-state index in [4.69, 9.17) is 9.84 Å². The zero-order chi connectivity index (χ0) is 9.26. The SMILES string of the molecule is COc1ccc2c(c1)CCC2CO. The maximum absolute atomic E-state index is 9.11. The van der Waals surface area contributed by atoms with E-state index < -0.39 is 0 Å². The summed E-state index contributed by atoms with van der Waals surface area (Å²) >= 11 is 0. The Hall–Kier alpha value is -1.02. The molecular formula is C11H14O2. The molecule has 0 amide bonds. The van der Waals surface area contributed by atoms with Gasteiger partial charge >= 0.3 is 0 Å². The maximum atomic E-state index is 9.11. The minimum atomic E-state index is 0.263. The van der Waals surface area contributed by atoms with Gasteiger partial charge in [-0.3, -0.25) is 0 Å². The molecule has 0 heterocycles. The molecule has 1 aromatic rings. The van der Waals surface area contributed by atoms with Gasteiger partial charge < -0.3 is 9.84 Å². The van der Waals surface area contributed by atoms with Crippen molar-refractivity contribution in [1.29, 1.82) is 0 Å². The molecule has 2 rings (SSSR count). The summed E-state index contributed by atoms with van der Waals surface area (Å²) in [5.41, 5.74) is 2.63. The smallest absolute Gasteiger partial charge is 0.119 e. The summed E-state index contributed by atoms with van der Waals surface area (Å²) in [5.74, 6) is 1.26. The number of rotatable bonds is 2. The van der Waals surface area contributed by atoms with Crippen LogP contribution >= 0.6 is 0 Å². The lowest BCUT2D eigenvalue weighted by Gasteiger charge is -2.07. The Balaban J connectivity index is 2.34. The predicted molar refractivity (Wildman–Crippen MR) is 51.1 cm³/mol. The van der Waals surface area contributed by atoms with Crippen molar-refractivity contribution >= 4 is 0 Å². The van der Waals surface area contributed by atoms with E-state index in [1.807, 2.05) is 6.07 Å². The van der Waals surface area contributed by atoms with Crippen LogP contribution in [0.1, 0.15) is 23.5 Å². The quantitative estimate of drug-likeness (QED) is 0.747. The largest absolute Gasteiger partial charge is 0.497 e. The minimum absolute atomic E-state index is 0.263. The lowest BCUT2D eigenvalue weighted by atomic mass is 10.0. The van der Waals surface area contributed by atoms with Crippen LogP contribution in [0.2, 0.25) is 0 Å². The summed E-state index contributed by atoms with van der Waals surface area (Å²) in [6.07, 6.45) is 2.14. The number of ether oxygens (including phenoxy) is 1. The van der Waals surface area contributed by atoms with Gasteiger partial charge in [0.15, 0.2) is 0 Å². The highest BCUT2D eigenvalue weighted by Gasteiger charge is 2.21. The van der Waals surface area contributed by atoms with E-state index in [1.165, 1.54) is 11.1 Å². The molecule has 1 atom stereocenters. The first kappa shape index (κ1) is 8.57. The summed E-state index contributed by atoms with van der Waals surface area (Å²) in [5, 5.41) is 9.11. The zero-order valence-electron chi connectivity index (χ0n) is 7.79. The third-order valence-corrected chi connectivity index (χ3v) is 2.77. The van der Waals surface area contributed by atoms with Gasteiger partial charge in [0, 0.05) is 12.5 Å². The summed E-state index contributed by atoms with van der Waals surface area (Å²) < 4.78 is 5.15. The molecule has 0 saturated heterocycles. The molecule has 1 aliphatic carbocycles. The Morgan fingerprint density at radius 2 is 2.38 bits per heavy atom. The second-order valence-corrected chi connectivity index (χ2v) is 3.48. The molecule has 0 aliphatic heterocycles. The molecule has 13 heavy (non-hydrogen) atoms. The third-order valence-electron chi connectivity index (χ3n) is 2.77. The van der Waals surface area contributed by atoms with E-state index in [1.54, 1.807) is 7.11 Å². The van der Waals surface area contributed by atoms with Crippen molar-refractivity contribution < 1.29 is 9.84 Å². The van der Waals surface area contributed by atoms with E-state index in [2.05, 4.69) is 12.1 Å². The Labute approximate surface area is 78.2 Å². The first-order valence-electron chi connectivity index (χ1n) is 4.63. The summed E-state index contributed by atoms with van der Waals surface area (Å²) in [4.78, 5) is 0. The Morgan fingerprint density at radius 1 is 1.54 bits per heavy atom. The molecule has 1 N–H and O–H groups in total. The summed E-state index contributed by atoms with van der Waals surface area (Å²) in [6, 6.07) is 6.11.